The zero-order valence-corrected chi connectivity index (χ0v) is 21.1. The van der Waals surface area contributed by atoms with Crippen LogP contribution in [0.3, 0.4) is 0 Å². The van der Waals surface area contributed by atoms with Crippen LogP contribution in [0.25, 0.3) is 11.1 Å². The molecule has 1 aromatic carbocycles. The molecule has 2 aliphatic carbocycles. The molecule has 0 bridgehead atoms. The molecule has 1 atom stereocenters. The third-order valence-corrected chi connectivity index (χ3v) is 8.45. The van der Waals surface area contributed by atoms with E-state index in [0.29, 0.717) is 0 Å². The first-order valence-electron chi connectivity index (χ1n) is 13.6. The Morgan fingerprint density at radius 2 is 1.86 bits per heavy atom. The van der Waals surface area contributed by atoms with Crippen molar-refractivity contribution in [1.29, 1.82) is 0 Å². The Kier molecular flexibility index (Phi) is 6.23. The van der Waals surface area contributed by atoms with E-state index < -0.39 is 5.97 Å². The monoisotopic (exact) mass is 492 g/mol. The fourth-order valence-electron chi connectivity index (χ4n) is 5.89. The number of piperidine rings is 1. The topological polar surface area (TPSA) is 87.9 Å². The Balaban J connectivity index is 1.29. The van der Waals surface area contributed by atoms with Gasteiger partial charge in [0.25, 0.3) is 0 Å². The van der Waals surface area contributed by atoms with E-state index in [-0.39, 0.29) is 36.6 Å². The van der Waals surface area contributed by atoms with Crippen LogP contribution < -0.4 is 9.64 Å². The molecule has 1 amide bonds. The molecule has 1 unspecified atom stereocenters. The molecule has 4 aliphatic rings. The minimum Gasteiger partial charge on any atom is -0.489 e. The minimum absolute atomic E-state index is 0.104. The largest absolute Gasteiger partial charge is 0.489 e. The van der Waals surface area contributed by atoms with E-state index in [0.717, 1.165) is 87.0 Å². The van der Waals surface area contributed by atoms with Crippen molar-refractivity contribution in [1.82, 2.24) is 14.7 Å². The predicted octanol–water partition coefficient (Wildman–Crippen LogP) is 4.28. The zero-order valence-electron chi connectivity index (χ0n) is 21.1. The lowest BCUT2D eigenvalue weighted by molar-refractivity contribution is -0.138. The van der Waals surface area contributed by atoms with Gasteiger partial charge in [-0.1, -0.05) is 0 Å². The summed E-state index contributed by atoms with van der Waals surface area (Å²) in [6.45, 7) is 3.80. The van der Waals surface area contributed by atoms with E-state index in [1.165, 1.54) is 12.0 Å². The molecule has 3 heterocycles. The predicted molar refractivity (Wildman–Crippen MR) is 136 cm³/mol. The maximum absolute atomic E-state index is 13.2. The van der Waals surface area contributed by atoms with Gasteiger partial charge in [0, 0.05) is 47.9 Å². The van der Waals surface area contributed by atoms with Gasteiger partial charge in [-0.3, -0.25) is 19.2 Å². The average Bonchev–Trinajstić information content (AvgIpc) is 3.58. The van der Waals surface area contributed by atoms with Crippen LogP contribution >= 0.6 is 0 Å². The molecule has 3 fully saturated rings. The van der Waals surface area contributed by atoms with Crippen LogP contribution in [0.5, 0.6) is 5.75 Å². The molecular weight excluding hydrogens is 456 g/mol. The minimum atomic E-state index is -0.770. The Morgan fingerprint density at radius 3 is 2.53 bits per heavy atom. The summed E-state index contributed by atoms with van der Waals surface area (Å²) in [5.41, 5.74) is 4.30. The number of likely N-dealkylation sites (tertiary alicyclic amines) is 1. The van der Waals surface area contributed by atoms with Gasteiger partial charge >= 0.3 is 5.97 Å². The number of benzene rings is 1. The van der Waals surface area contributed by atoms with Gasteiger partial charge < -0.3 is 14.7 Å². The highest BCUT2D eigenvalue weighted by molar-refractivity contribution is 5.99. The number of carboxylic acids is 1. The first-order chi connectivity index (χ1) is 17.5. The van der Waals surface area contributed by atoms with E-state index in [2.05, 4.69) is 25.3 Å². The van der Waals surface area contributed by atoms with Gasteiger partial charge in [-0.25, -0.2) is 0 Å². The van der Waals surface area contributed by atoms with Crippen molar-refractivity contribution in [3.05, 3.63) is 30.1 Å². The third-order valence-electron chi connectivity index (χ3n) is 8.45. The Labute approximate surface area is 212 Å². The van der Waals surface area contributed by atoms with Gasteiger partial charge in [0.05, 0.1) is 30.6 Å². The fourth-order valence-corrected chi connectivity index (χ4v) is 5.89. The summed E-state index contributed by atoms with van der Waals surface area (Å²) in [6, 6.07) is 4.72. The van der Waals surface area contributed by atoms with Gasteiger partial charge in [0.15, 0.2) is 0 Å². The number of rotatable bonds is 7. The van der Waals surface area contributed by atoms with Gasteiger partial charge in [-0.05, 0) is 76.8 Å². The number of nitrogens with zero attached hydrogens (tertiary/aromatic N) is 4. The SMILES string of the molecule is CC1CCc2c(ccc(-c3cnn(C4CCN(CC(=O)O)CC4)c3)c2OC2CCC2)N1C(=O)C1CC1. The van der Waals surface area contributed by atoms with Crippen molar-refractivity contribution in [3.63, 3.8) is 0 Å². The maximum Gasteiger partial charge on any atom is 0.317 e. The molecule has 0 radical (unpaired) electrons. The molecule has 2 aromatic rings. The summed E-state index contributed by atoms with van der Waals surface area (Å²) in [5.74, 6) is 0.628. The first-order valence-corrected chi connectivity index (χ1v) is 13.6. The second-order valence-electron chi connectivity index (χ2n) is 11.1. The number of carbonyl (C=O) groups excluding carboxylic acids is 1. The summed E-state index contributed by atoms with van der Waals surface area (Å²) in [5, 5.41) is 13.8. The standard InChI is InChI=1S/C28H36N4O4/c1-18-5-8-24-25(32(18)28(35)19-6-7-19)10-9-23(27(24)36-22-3-2-4-22)20-15-29-31(16-20)21-11-13-30(14-12-21)17-26(33)34/h9-10,15-16,18-19,21-22H,2-8,11-14,17H2,1H3,(H,33,34). The van der Waals surface area contributed by atoms with Crippen molar-refractivity contribution in [3.8, 4) is 16.9 Å². The Morgan fingerprint density at radius 1 is 1.08 bits per heavy atom. The number of anilines is 1. The molecule has 1 aromatic heterocycles. The number of aliphatic carboxylic acids is 1. The number of ether oxygens (including phenoxy) is 1. The normalized spacial score (nSPS) is 23.2. The number of hydrogen-bond donors (Lipinski definition) is 1. The molecule has 2 saturated carbocycles. The Bertz CT molecular complexity index is 1140. The van der Waals surface area contributed by atoms with E-state index >= 15 is 0 Å². The van der Waals surface area contributed by atoms with Crippen LogP contribution in [0.2, 0.25) is 0 Å². The fraction of sp³-hybridized carbons (Fsp3) is 0.607. The highest BCUT2D eigenvalue weighted by atomic mass is 16.5. The van der Waals surface area contributed by atoms with Gasteiger partial charge in [0.2, 0.25) is 5.91 Å². The summed E-state index contributed by atoms with van der Waals surface area (Å²) in [4.78, 5) is 28.3. The van der Waals surface area contributed by atoms with E-state index in [1.807, 2.05) is 20.7 Å². The lowest BCUT2D eigenvalue weighted by atomic mass is 9.91. The summed E-state index contributed by atoms with van der Waals surface area (Å²) >= 11 is 0. The quantitative estimate of drug-likeness (QED) is 0.621. The van der Waals surface area contributed by atoms with E-state index in [1.54, 1.807) is 0 Å². The molecule has 8 nitrogen and oxygen atoms in total. The third kappa shape index (κ3) is 4.51. The molecule has 8 heteroatoms. The molecule has 1 N–H and O–H groups in total. The average molecular weight is 493 g/mol. The molecule has 0 spiro atoms. The second kappa shape index (κ2) is 9.54. The van der Waals surface area contributed by atoms with E-state index in [4.69, 9.17) is 14.9 Å². The van der Waals surface area contributed by atoms with Gasteiger partial charge in [-0.15, -0.1) is 0 Å². The van der Waals surface area contributed by atoms with Crippen molar-refractivity contribution in [2.75, 3.05) is 24.5 Å². The maximum atomic E-state index is 13.2. The van der Waals surface area contributed by atoms with Crippen molar-refractivity contribution in [2.45, 2.75) is 82.9 Å². The van der Waals surface area contributed by atoms with Crippen LogP contribution in [-0.2, 0) is 16.0 Å². The van der Waals surface area contributed by atoms with Crippen LogP contribution in [0.4, 0.5) is 5.69 Å². The number of carbonyl (C=O) groups is 2. The number of hydrogen-bond acceptors (Lipinski definition) is 5. The summed E-state index contributed by atoms with van der Waals surface area (Å²) in [7, 11) is 0. The van der Waals surface area contributed by atoms with E-state index in [9.17, 15) is 9.59 Å². The number of aromatic nitrogens is 2. The van der Waals surface area contributed by atoms with Crippen molar-refractivity contribution < 1.29 is 19.4 Å². The zero-order chi connectivity index (χ0) is 24.8. The molecule has 6 rings (SSSR count). The summed E-state index contributed by atoms with van der Waals surface area (Å²) < 4.78 is 8.69. The molecular formula is C28H36N4O4. The summed E-state index contributed by atoms with van der Waals surface area (Å²) in [6.07, 6.45) is 13.3. The molecule has 1 saturated heterocycles. The van der Waals surface area contributed by atoms with Crippen LogP contribution in [0.15, 0.2) is 24.5 Å². The lowest BCUT2D eigenvalue weighted by Gasteiger charge is -2.38. The number of amides is 1. The Hall–Kier alpha value is -2.87. The lowest BCUT2D eigenvalue weighted by Crippen LogP contribution is -2.43. The van der Waals surface area contributed by atoms with Crippen LogP contribution in [0, 0.1) is 5.92 Å². The molecule has 36 heavy (non-hydrogen) atoms. The molecule has 2 aliphatic heterocycles. The van der Waals surface area contributed by atoms with Crippen molar-refractivity contribution >= 4 is 17.6 Å². The van der Waals surface area contributed by atoms with Crippen LogP contribution in [-0.4, -0.2) is 63.4 Å². The first kappa shape index (κ1) is 23.5. The number of carboxylic acid groups (broad SMARTS) is 1. The smallest absolute Gasteiger partial charge is 0.317 e. The van der Waals surface area contributed by atoms with Gasteiger partial charge in [0.1, 0.15) is 5.75 Å². The highest BCUT2D eigenvalue weighted by Gasteiger charge is 2.39. The number of fused-ring (bicyclic) bond motifs is 1. The second-order valence-corrected chi connectivity index (χ2v) is 11.1. The molecule has 192 valence electrons. The van der Waals surface area contributed by atoms with Crippen molar-refractivity contribution in [2.24, 2.45) is 5.92 Å². The highest BCUT2D eigenvalue weighted by Crippen LogP contribution is 2.46. The van der Waals surface area contributed by atoms with Crippen LogP contribution in [0.1, 0.15) is 69.9 Å². The van der Waals surface area contributed by atoms with Gasteiger partial charge in [-0.2, -0.15) is 5.10 Å².